The topological polar surface area (TPSA) is 90.7 Å². The number of hydrogen-bond donors (Lipinski definition) is 1. The molecule has 0 saturated carbocycles. The molecular formula is C14H14N2O5. The zero-order valence-electron chi connectivity index (χ0n) is 11.8. The number of aromatic carboxylic acids is 1. The van der Waals surface area contributed by atoms with Gasteiger partial charge in [0.05, 0.1) is 14.2 Å². The number of hydrogen-bond acceptors (Lipinski definition) is 5. The molecule has 0 radical (unpaired) electrons. The Morgan fingerprint density at radius 1 is 1.24 bits per heavy atom. The molecule has 0 aliphatic heterocycles. The van der Waals surface area contributed by atoms with E-state index in [1.807, 2.05) is 0 Å². The van der Waals surface area contributed by atoms with Gasteiger partial charge in [-0.25, -0.2) is 4.79 Å². The first-order valence-electron chi connectivity index (χ1n) is 6.04. The molecule has 21 heavy (non-hydrogen) atoms. The molecule has 0 amide bonds. The number of aryl methyl sites for hydroxylation is 1. The summed E-state index contributed by atoms with van der Waals surface area (Å²) in [7, 11) is 2.87. The Kier molecular flexibility index (Phi) is 3.93. The van der Waals surface area contributed by atoms with Crippen molar-refractivity contribution in [1.82, 2.24) is 9.55 Å². The van der Waals surface area contributed by atoms with E-state index >= 15 is 0 Å². The van der Waals surface area contributed by atoms with Crippen LogP contribution in [-0.4, -0.2) is 34.8 Å². The van der Waals surface area contributed by atoms with Crippen molar-refractivity contribution < 1.29 is 19.4 Å². The predicted molar refractivity (Wildman–Crippen MR) is 74.6 cm³/mol. The van der Waals surface area contributed by atoms with E-state index in [1.54, 1.807) is 25.1 Å². The molecule has 0 fully saturated rings. The highest BCUT2D eigenvalue weighted by atomic mass is 16.5. The Balaban J connectivity index is 2.71. The maximum Gasteiger partial charge on any atom is 0.341 e. The molecule has 0 atom stereocenters. The van der Waals surface area contributed by atoms with Crippen LogP contribution in [0, 0.1) is 6.92 Å². The van der Waals surface area contributed by atoms with Crippen LogP contribution < -0.4 is 15.0 Å². The second-order valence-corrected chi connectivity index (χ2v) is 4.24. The SMILES string of the molecule is COc1ccc(-n2ccc(C)c(C(=O)O)c2=O)c(OC)n1. The number of aromatic nitrogens is 2. The molecule has 2 aromatic rings. The van der Waals surface area contributed by atoms with Gasteiger partial charge in [0, 0.05) is 12.3 Å². The standard InChI is InChI=1S/C14H14N2O5/c1-8-6-7-16(13(17)11(8)14(18)19)9-4-5-10(20-2)15-12(9)21-3/h4-7H,1-3H3,(H,18,19). The number of carboxylic acid groups (broad SMARTS) is 1. The predicted octanol–water partition coefficient (Wildman–Crippen LogP) is 1.26. The molecule has 1 N–H and O–H groups in total. The lowest BCUT2D eigenvalue weighted by atomic mass is 10.1. The van der Waals surface area contributed by atoms with Crippen molar-refractivity contribution in [3.05, 3.63) is 45.9 Å². The molecule has 0 spiro atoms. The number of methoxy groups -OCH3 is 2. The first-order valence-corrected chi connectivity index (χ1v) is 6.04. The second kappa shape index (κ2) is 5.66. The van der Waals surface area contributed by atoms with Crippen LogP contribution in [0.2, 0.25) is 0 Å². The van der Waals surface area contributed by atoms with Crippen molar-refractivity contribution in [2.75, 3.05) is 14.2 Å². The van der Waals surface area contributed by atoms with E-state index in [2.05, 4.69) is 4.98 Å². The third-order valence-electron chi connectivity index (χ3n) is 2.99. The van der Waals surface area contributed by atoms with Gasteiger partial charge in [-0.2, -0.15) is 4.98 Å². The molecule has 2 rings (SSSR count). The van der Waals surface area contributed by atoms with Crippen molar-refractivity contribution in [2.45, 2.75) is 6.92 Å². The van der Waals surface area contributed by atoms with E-state index in [0.717, 1.165) is 0 Å². The number of nitrogens with zero attached hydrogens (tertiary/aromatic N) is 2. The Hall–Kier alpha value is -2.83. The fourth-order valence-electron chi connectivity index (χ4n) is 1.94. The lowest BCUT2D eigenvalue weighted by Gasteiger charge is -2.12. The molecule has 0 saturated heterocycles. The average molecular weight is 290 g/mol. The van der Waals surface area contributed by atoms with E-state index in [-0.39, 0.29) is 11.4 Å². The summed E-state index contributed by atoms with van der Waals surface area (Å²) in [6.45, 7) is 1.57. The van der Waals surface area contributed by atoms with Crippen molar-refractivity contribution in [1.29, 1.82) is 0 Å². The minimum atomic E-state index is -1.27. The van der Waals surface area contributed by atoms with Crippen LogP contribution >= 0.6 is 0 Å². The molecule has 0 unspecified atom stereocenters. The van der Waals surface area contributed by atoms with Gasteiger partial charge in [-0.15, -0.1) is 0 Å². The molecule has 7 heteroatoms. The van der Waals surface area contributed by atoms with E-state index in [1.165, 1.54) is 25.0 Å². The fraction of sp³-hybridized carbons (Fsp3) is 0.214. The third kappa shape index (κ3) is 2.58. The highest BCUT2D eigenvalue weighted by molar-refractivity contribution is 5.88. The van der Waals surface area contributed by atoms with Gasteiger partial charge in [0.1, 0.15) is 11.3 Å². The zero-order chi connectivity index (χ0) is 15.6. The zero-order valence-corrected chi connectivity index (χ0v) is 11.8. The normalized spacial score (nSPS) is 10.2. The second-order valence-electron chi connectivity index (χ2n) is 4.24. The van der Waals surface area contributed by atoms with Gasteiger partial charge in [0.2, 0.25) is 11.8 Å². The average Bonchev–Trinajstić information content (AvgIpc) is 2.46. The number of ether oxygens (including phenoxy) is 2. The third-order valence-corrected chi connectivity index (χ3v) is 2.99. The van der Waals surface area contributed by atoms with Crippen molar-refractivity contribution >= 4 is 5.97 Å². The van der Waals surface area contributed by atoms with E-state index in [0.29, 0.717) is 17.1 Å². The molecule has 0 aromatic carbocycles. The molecule has 0 bridgehead atoms. The van der Waals surface area contributed by atoms with Crippen LogP contribution in [0.25, 0.3) is 5.69 Å². The van der Waals surface area contributed by atoms with Gasteiger partial charge in [-0.05, 0) is 24.6 Å². The van der Waals surface area contributed by atoms with Crippen LogP contribution in [0.1, 0.15) is 15.9 Å². The van der Waals surface area contributed by atoms with E-state index in [4.69, 9.17) is 14.6 Å². The first-order chi connectivity index (χ1) is 9.99. The Morgan fingerprint density at radius 2 is 1.95 bits per heavy atom. The molecule has 0 aliphatic rings. The van der Waals surface area contributed by atoms with Crippen molar-refractivity contribution in [3.8, 4) is 17.4 Å². The van der Waals surface area contributed by atoms with Gasteiger partial charge < -0.3 is 14.6 Å². The largest absolute Gasteiger partial charge is 0.481 e. The van der Waals surface area contributed by atoms with Crippen molar-refractivity contribution in [3.63, 3.8) is 0 Å². The van der Waals surface area contributed by atoms with Gasteiger partial charge >= 0.3 is 5.97 Å². The minimum Gasteiger partial charge on any atom is -0.481 e. The number of carboxylic acids is 1. The summed E-state index contributed by atoms with van der Waals surface area (Å²) in [6.07, 6.45) is 1.48. The Morgan fingerprint density at radius 3 is 2.52 bits per heavy atom. The summed E-state index contributed by atoms with van der Waals surface area (Å²) >= 11 is 0. The highest BCUT2D eigenvalue weighted by Gasteiger charge is 2.17. The van der Waals surface area contributed by atoms with Gasteiger partial charge in [-0.3, -0.25) is 9.36 Å². The lowest BCUT2D eigenvalue weighted by molar-refractivity contribution is 0.0693. The van der Waals surface area contributed by atoms with Gasteiger partial charge in [0.25, 0.3) is 5.56 Å². The Bertz CT molecular complexity index is 752. The summed E-state index contributed by atoms with van der Waals surface area (Å²) in [5.74, 6) is -0.779. The summed E-state index contributed by atoms with van der Waals surface area (Å²) in [4.78, 5) is 27.6. The summed E-state index contributed by atoms with van der Waals surface area (Å²) < 4.78 is 11.3. The molecule has 0 aliphatic carbocycles. The molecule has 7 nitrogen and oxygen atoms in total. The molecule has 110 valence electrons. The number of rotatable bonds is 4. The van der Waals surface area contributed by atoms with Crippen LogP contribution in [0.4, 0.5) is 0 Å². The number of pyridine rings is 2. The quantitative estimate of drug-likeness (QED) is 0.911. The molecule has 2 heterocycles. The van der Waals surface area contributed by atoms with Crippen LogP contribution in [0.15, 0.2) is 29.2 Å². The summed E-state index contributed by atoms with van der Waals surface area (Å²) in [5, 5.41) is 9.15. The Labute approximate surface area is 120 Å². The minimum absolute atomic E-state index is 0.164. The first kappa shape index (κ1) is 14.6. The van der Waals surface area contributed by atoms with Crippen LogP contribution in [0.3, 0.4) is 0 Å². The summed E-state index contributed by atoms with van der Waals surface area (Å²) in [5.41, 5.74) is -0.196. The number of carbonyl (C=O) groups is 1. The molecular weight excluding hydrogens is 276 g/mol. The maximum atomic E-state index is 12.3. The van der Waals surface area contributed by atoms with Crippen LogP contribution in [0.5, 0.6) is 11.8 Å². The van der Waals surface area contributed by atoms with Crippen molar-refractivity contribution in [2.24, 2.45) is 0 Å². The maximum absolute atomic E-state index is 12.3. The highest BCUT2D eigenvalue weighted by Crippen LogP contribution is 2.22. The summed E-state index contributed by atoms with van der Waals surface area (Å²) in [6, 6.07) is 4.69. The van der Waals surface area contributed by atoms with E-state index < -0.39 is 11.5 Å². The lowest BCUT2D eigenvalue weighted by Crippen LogP contribution is -2.26. The molecule has 2 aromatic heterocycles. The fourth-order valence-corrected chi connectivity index (χ4v) is 1.94. The van der Waals surface area contributed by atoms with Gasteiger partial charge in [-0.1, -0.05) is 0 Å². The van der Waals surface area contributed by atoms with Crippen LogP contribution in [-0.2, 0) is 0 Å². The van der Waals surface area contributed by atoms with Gasteiger partial charge in [0.15, 0.2) is 0 Å². The smallest absolute Gasteiger partial charge is 0.341 e. The van der Waals surface area contributed by atoms with E-state index in [9.17, 15) is 9.59 Å². The monoisotopic (exact) mass is 290 g/mol.